The highest BCUT2D eigenvalue weighted by Crippen LogP contribution is 2.32. The Labute approximate surface area is 226 Å². The molecule has 0 unspecified atom stereocenters. The maximum Gasteiger partial charge on any atom is 0.270 e. The number of benzene rings is 1. The van der Waals surface area contributed by atoms with Crippen molar-refractivity contribution in [3.05, 3.63) is 68.6 Å². The van der Waals surface area contributed by atoms with Crippen LogP contribution in [-0.2, 0) is 11.9 Å². The number of aromatic nitrogens is 2. The fraction of sp³-hybridized carbons (Fsp3) is 0.429. The van der Waals surface area contributed by atoms with Crippen molar-refractivity contribution < 1.29 is 13.6 Å². The molecule has 10 heteroatoms. The maximum atomic E-state index is 12.8. The average Bonchev–Trinajstić information content (AvgIpc) is 2.88. The number of hydrogen-bond acceptors (Lipinski definition) is 6. The Morgan fingerprint density at radius 3 is 2.47 bits per heavy atom. The van der Waals surface area contributed by atoms with Gasteiger partial charge in [-0.05, 0) is 63.4 Å². The maximum absolute atomic E-state index is 12.8. The normalized spacial score (nSPS) is 14.2. The number of hydrogen-bond donors (Lipinski definition) is 0. The van der Waals surface area contributed by atoms with Gasteiger partial charge < -0.3 is 14.3 Å². The molecular weight excluding hydrogens is 512 g/mol. The molecule has 38 heavy (non-hydrogen) atoms. The molecule has 0 bridgehead atoms. The van der Waals surface area contributed by atoms with E-state index in [-0.39, 0.29) is 11.1 Å². The van der Waals surface area contributed by atoms with Crippen molar-refractivity contribution in [2.45, 2.75) is 64.5 Å². The van der Waals surface area contributed by atoms with E-state index in [0.717, 1.165) is 25.0 Å². The Hall–Kier alpha value is -3.51. The number of nitriles is 1. The van der Waals surface area contributed by atoms with Crippen LogP contribution in [0.3, 0.4) is 0 Å². The highest BCUT2D eigenvalue weighted by Gasteiger charge is 2.25. The minimum Gasteiger partial charge on any atom is -0.390 e. The Morgan fingerprint density at radius 2 is 1.87 bits per heavy atom. The Morgan fingerprint density at radius 1 is 1.18 bits per heavy atom. The van der Waals surface area contributed by atoms with Gasteiger partial charge in [0.15, 0.2) is 11.6 Å². The fourth-order valence-electron chi connectivity index (χ4n) is 4.30. The number of fused-ring (bicyclic) bond motifs is 1. The second-order valence-electron chi connectivity index (χ2n) is 10.2. The lowest BCUT2D eigenvalue weighted by atomic mass is 9.93. The zero-order valence-electron chi connectivity index (χ0n) is 22.3. The van der Waals surface area contributed by atoms with E-state index in [1.54, 1.807) is 19.2 Å². The molecule has 1 saturated carbocycles. The Bertz CT molecular complexity index is 1420. The predicted octanol–water partition coefficient (Wildman–Crippen LogP) is 6.34. The van der Waals surface area contributed by atoms with Crippen molar-refractivity contribution in [3.8, 4) is 6.07 Å². The number of rotatable bonds is 4. The van der Waals surface area contributed by atoms with E-state index in [2.05, 4.69) is 21.1 Å². The molecule has 1 aliphatic rings. The molecule has 0 atom stereocenters. The largest absolute Gasteiger partial charge is 0.390 e. The van der Waals surface area contributed by atoms with Crippen molar-refractivity contribution in [2.24, 2.45) is 12.2 Å². The summed E-state index contributed by atoms with van der Waals surface area (Å²) >= 11 is 6.07. The van der Waals surface area contributed by atoms with Gasteiger partial charge in [-0.15, -0.1) is 0 Å². The van der Waals surface area contributed by atoms with Crippen LogP contribution in [-0.4, -0.2) is 34.5 Å². The molecule has 0 aliphatic heterocycles. The summed E-state index contributed by atoms with van der Waals surface area (Å²) in [7, 11) is 3.61. The van der Waals surface area contributed by atoms with Crippen LogP contribution in [0.25, 0.3) is 11.0 Å². The van der Waals surface area contributed by atoms with Gasteiger partial charge in [0, 0.05) is 20.1 Å². The lowest BCUT2D eigenvalue weighted by Crippen LogP contribution is -2.36. The summed E-state index contributed by atoms with van der Waals surface area (Å²) in [5.74, 6) is -1.77. The smallest absolute Gasteiger partial charge is 0.270 e. The first-order chi connectivity index (χ1) is 17.9. The van der Waals surface area contributed by atoms with E-state index in [1.807, 2.05) is 27.8 Å². The summed E-state index contributed by atoms with van der Waals surface area (Å²) in [6.45, 7) is 5.53. The molecule has 0 amide bonds. The minimum absolute atomic E-state index is 0.142. The Balaban J connectivity index is 0.000000232. The van der Waals surface area contributed by atoms with E-state index in [4.69, 9.17) is 16.4 Å². The van der Waals surface area contributed by atoms with Crippen molar-refractivity contribution >= 4 is 34.5 Å². The van der Waals surface area contributed by atoms with Gasteiger partial charge in [0.25, 0.3) is 5.56 Å². The first kappa shape index (κ1) is 29.1. The number of halogens is 3. The van der Waals surface area contributed by atoms with Gasteiger partial charge in [-0.3, -0.25) is 4.79 Å². The van der Waals surface area contributed by atoms with Crippen molar-refractivity contribution in [1.82, 2.24) is 9.55 Å². The molecule has 202 valence electrons. The van der Waals surface area contributed by atoms with Crippen LogP contribution in [0.15, 0.2) is 40.3 Å². The predicted molar refractivity (Wildman–Crippen MR) is 147 cm³/mol. The van der Waals surface area contributed by atoms with Gasteiger partial charge in [-0.1, -0.05) is 42.1 Å². The average molecular weight is 544 g/mol. The number of pyridine rings is 2. The molecule has 0 saturated heterocycles. The molecule has 0 spiro atoms. The third kappa shape index (κ3) is 7.07. The van der Waals surface area contributed by atoms with E-state index < -0.39 is 17.2 Å². The summed E-state index contributed by atoms with van der Waals surface area (Å²) in [4.78, 5) is 24.1. The van der Waals surface area contributed by atoms with Crippen molar-refractivity contribution in [1.29, 1.82) is 5.26 Å². The lowest BCUT2D eigenvalue weighted by molar-refractivity contribution is 0.00199. The number of aryl methyl sites for hydroxylation is 1. The number of anilines is 1. The third-order valence-electron chi connectivity index (χ3n) is 6.24. The highest BCUT2D eigenvalue weighted by molar-refractivity contribution is 6.29. The second-order valence-corrected chi connectivity index (χ2v) is 10.6. The van der Waals surface area contributed by atoms with Gasteiger partial charge in [0.1, 0.15) is 27.9 Å². The summed E-state index contributed by atoms with van der Waals surface area (Å²) in [6.07, 6.45) is 7.07. The minimum atomic E-state index is -0.894. The van der Waals surface area contributed by atoms with E-state index in [0.29, 0.717) is 33.5 Å². The molecule has 4 rings (SSSR count). The van der Waals surface area contributed by atoms with Crippen LogP contribution in [0.5, 0.6) is 0 Å². The van der Waals surface area contributed by atoms with E-state index >= 15 is 0 Å². The zero-order chi connectivity index (χ0) is 28.0. The van der Waals surface area contributed by atoms with Gasteiger partial charge >= 0.3 is 0 Å². The summed E-state index contributed by atoms with van der Waals surface area (Å²) in [6, 6.07) is 9.39. The van der Waals surface area contributed by atoms with Gasteiger partial charge in [-0.2, -0.15) is 5.26 Å². The molecule has 3 aromatic rings. The SMILES string of the molecule is CC(C)(C)O/N=C/c1ccc(F)c(F)c1.CN(c1c(C#N)c(=O)n(C)c2ccc(Cl)nc12)C1CCCCC1. The topological polar surface area (TPSA) is 83.5 Å². The highest BCUT2D eigenvalue weighted by atomic mass is 35.5. The second kappa shape index (κ2) is 12.4. The van der Waals surface area contributed by atoms with Crippen LogP contribution in [0.2, 0.25) is 5.15 Å². The molecule has 1 fully saturated rings. The van der Waals surface area contributed by atoms with Crippen LogP contribution in [0, 0.1) is 23.0 Å². The first-order valence-corrected chi connectivity index (χ1v) is 12.8. The van der Waals surface area contributed by atoms with E-state index in [1.165, 1.54) is 36.1 Å². The zero-order valence-corrected chi connectivity index (χ0v) is 23.0. The standard InChI is InChI=1S/C17H19ClN4O.C11H13F2NO/c1-21(11-6-4-3-5-7-11)16-12(10-19)17(23)22(2)13-8-9-14(18)20-15(13)16;1-11(2,3)15-14-7-8-4-5-9(12)10(13)6-8/h8-9,11H,3-7H2,1-2H3;4-7H,1-3H3/b;14-7+. The first-order valence-electron chi connectivity index (χ1n) is 12.4. The summed E-state index contributed by atoms with van der Waals surface area (Å²) in [5.41, 5.74) is 1.83. The third-order valence-corrected chi connectivity index (χ3v) is 6.45. The molecule has 7 nitrogen and oxygen atoms in total. The molecule has 2 heterocycles. The van der Waals surface area contributed by atoms with E-state index in [9.17, 15) is 18.8 Å². The number of nitrogens with zero attached hydrogens (tertiary/aromatic N) is 5. The van der Waals surface area contributed by atoms with Crippen molar-refractivity contribution in [3.63, 3.8) is 0 Å². The molecule has 1 aliphatic carbocycles. The van der Waals surface area contributed by atoms with Crippen LogP contribution in [0.4, 0.5) is 14.5 Å². The molecular formula is C28H32ClF2N5O2. The quantitative estimate of drug-likeness (QED) is 0.218. The molecule has 2 aromatic heterocycles. The lowest BCUT2D eigenvalue weighted by Gasteiger charge is -2.33. The van der Waals surface area contributed by atoms with Gasteiger partial charge in [0.2, 0.25) is 0 Å². The molecule has 1 aromatic carbocycles. The number of oxime groups is 1. The van der Waals surface area contributed by atoms with Crippen LogP contribution < -0.4 is 10.5 Å². The molecule has 0 radical (unpaired) electrons. The summed E-state index contributed by atoms with van der Waals surface area (Å²) in [5, 5.41) is 13.6. The van der Waals surface area contributed by atoms with Crippen LogP contribution in [0.1, 0.15) is 64.0 Å². The fourth-order valence-corrected chi connectivity index (χ4v) is 4.45. The van der Waals surface area contributed by atoms with Crippen molar-refractivity contribution in [2.75, 3.05) is 11.9 Å². The van der Waals surface area contributed by atoms with Gasteiger partial charge in [0.05, 0.1) is 17.4 Å². The molecule has 0 N–H and O–H groups in total. The van der Waals surface area contributed by atoms with Gasteiger partial charge in [-0.25, -0.2) is 13.8 Å². The van der Waals surface area contributed by atoms with Crippen LogP contribution >= 0.6 is 11.6 Å². The Kier molecular flexibility index (Phi) is 9.45. The summed E-state index contributed by atoms with van der Waals surface area (Å²) < 4.78 is 26.8. The monoisotopic (exact) mass is 543 g/mol.